The van der Waals surface area contributed by atoms with Crippen LogP contribution in [-0.4, -0.2) is 85.1 Å². The van der Waals surface area contributed by atoms with Crippen LogP contribution in [0.25, 0.3) is 5.57 Å². The fraction of sp³-hybridized carbons (Fsp3) is 0.583. The van der Waals surface area contributed by atoms with Crippen molar-refractivity contribution < 1.29 is 19.1 Å². The van der Waals surface area contributed by atoms with Gasteiger partial charge in [0.15, 0.2) is 0 Å². The summed E-state index contributed by atoms with van der Waals surface area (Å²) in [5, 5.41) is 0. The van der Waals surface area contributed by atoms with Gasteiger partial charge in [-0.05, 0) is 43.5 Å². The van der Waals surface area contributed by atoms with E-state index in [1.54, 1.807) is 0 Å². The molecule has 3 aliphatic heterocycles. The monoisotopic (exact) mass is 427 g/mol. The van der Waals surface area contributed by atoms with Gasteiger partial charge in [-0.1, -0.05) is 26.0 Å². The first-order chi connectivity index (χ1) is 15.1. The molecule has 1 aromatic rings. The van der Waals surface area contributed by atoms with Crippen molar-refractivity contribution in [1.82, 2.24) is 14.7 Å². The molecule has 7 heteroatoms. The molecule has 4 rings (SSSR count). The summed E-state index contributed by atoms with van der Waals surface area (Å²) in [6, 6.07) is 7.54. The molecule has 0 spiro atoms. The van der Waals surface area contributed by atoms with Crippen molar-refractivity contribution in [2.75, 3.05) is 52.5 Å². The van der Waals surface area contributed by atoms with Gasteiger partial charge in [-0.15, -0.1) is 0 Å². The summed E-state index contributed by atoms with van der Waals surface area (Å²) in [4.78, 5) is 32.8. The Kier molecular flexibility index (Phi) is 6.92. The highest BCUT2D eigenvalue weighted by Gasteiger charge is 2.43. The molecule has 1 aromatic carbocycles. The van der Waals surface area contributed by atoms with Gasteiger partial charge in [0.25, 0.3) is 11.8 Å². The Labute approximate surface area is 184 Å². The van der Waals surface area contributed by atoms with E-state index in [4.69, 9.17) is 9.47 Å². The maximum Gasteiger partial charge on any atom is 0.277 e. The van der Waals surface area contributed by atoms with Gasteiger partial charge in [-0.25, -0.2) is 0 Å². The van der Waals surface area contributed by atoms with Crippen molar-refractivity contribution in [2.45, 2.75) is 39.2 Å². The summed E-state index contributed by atoms with van der Waals surface area (Å²) in [7, 11) is 0. The molecule has 1 atom stereocenters. The number of ether oxygens (including phenoxy) is 2. The number of rotatable bonds is 8. The molecule has 0 aliphatic carbocycles. The number of amides is 2. The number of imide groups is 1. The number of carbonyl (C=O) groups excluding carboxylic acids is 2. The molecule has 3 heterocycles. The van der Waals surface area contributed by atoms with E-state index in [0.29, 0.717) is 31.0 Å². The molecule has 0 saturated carbocycles. The predicted molar refractivity (Wildman–Crippen MR) is 119 cm³/mol. The van der Waals surface area contributed by atoms with Gasteiger partial charge in [0.2, 0.25) is 0 Å². The summed E-state index contributed by atoms with van der Waals surface area (Å²) in [6.07, 6.45) is 2.74. The van der Waals surface area contributed by atoms with E-state index in [1.807, 2.05) is 24.3 Å². The third-order valence-corrected chi connectivity index (χ3v) is 6.31. The number of hydrogen-bond acceptors (Lipinski definition) is 6. The maximum atomic E-state index is 13.5. The Morgan fingerprint density at radius 1 is 1.03 bits per heavy atom. The van der Waals surface area contributed by atoms with Gasteiger partial charge in [0.1, 0.15) is 11.4 Å². The van der Waals surface area contributed by atoms with Gasteiger partial charge in [0, 0.05) is 32.8 Å². The van der Waals surface area contributed by atoms with E-state index in [1.165, 1.54) is 4.90 Å². The molecule has 0 aromatic heterocycles. The normalized spacial score (nSPS) is 22.7. The molecule has 31 heavy (non-hydrogen) atoms. The van der Waals surface area contributed by atoms with Gasteiger partial charge in [-0.3, -0.25) is 14.5 Å². The van der Waals surface area contributed by atoms with Gasteiger partial charge in [-0.2, -0.15) is 0 Å². The molecule has 0 radical (unpaired) electrons. The van der Waals surface area contributed by atoms with Gasteiger partial charge in [0.05, 0.1) is 24.8 Å². The molecular formula is C24H33N3O4. The Balaban J connectivity index is 1.62. The number of piperazine rings is 1. The molecule has 2 saturated heterocycles. The number of benzene rings is 1. The van der Waals surface area contributed by atoms with Crippen LogP contribution in [0.15, 0.2) is 30.0 Å². The highest BCUT2D eigenvalue weighted by molar-refractivity contribution is 6.35. The van der Waals surface area contributed by atoms with Crippen molar-refractivity contribution in [2.24, 2.45) is 0 Å². The Morgan fingerprint density at radius 3 is 2.39 bits per heavy atom. The topological polar surface area (TPSA) is 62.3 Å². The standard InChI is InChI=1S/C24H33N3O4/c1-3-15-30-19-9-7-18(8-10-19)21-22(26-13-11-25(4-2)12-14-26)24(29)27(23(21)28)17-20-6-5-16-31-20/h7-10,20H,3-6,11-17H2,1-2H3. The summed E-state index contributed by atoms with van der Waals surface area (Å²) >= 11 is 0. The van der Waals surface area contributed by atoms with E-state index >= 15 is 0 Å². The van der Waals surface area contributed by atoms with E-state index in [2.05, 4.69) is 23.6 Å². The Morgan fingerprint density at radius 2 is 1.77 bits per heavy atom. The zero-order valence-electron chi connectivity index (χ0n) is 18.6. The number of likely N-dealkylation sites (N-methyl/N-ethyl adjacent to an activating group) is 1. The fourth-order valence-electron chi connectivity index (χ4n) is 4.50. The lowest BCUT2D eigenvalue weighted by Gasteiger charge is -2.36. The van der Waals surface area contributed by atoms with E-state index in [0.717, 1.165) is 63.3 Å². The second-order valence-electron chi connectivity index (χ2n) is 8.37. The molecule has 0 bridgehead atoms. The minimum Gasteiger partial charge on any atom is -0.494 e. The molecule has 3 aliphatic rings. The first-order valence-corrected chi connectivity index (χ1v) is 11.5. The van der Waals surface area contributed by atoms with E-state index in [9.17, 15) is 9.59 Å². The van der Waals surface area contributed by atoms with Crippen LogP contribution in [0.5, 0.6) is 5.75 Å². The molecular weight excluding hydrogens is 394 g/mol. The number of hydrogen-bond donors (Lipinski definition) is 0. The van der Waals surface area contributed by atoms with E-state index < -0.39 is 0 Å². The van der Waals surface area contributed by atoms with Gasteiger partial charge >= 0.3 is 0 Å². The average molecular weight is 428 g/mol. The van der Waals surface area contributed by atoms with Crippen LogP contribution < -0.4 is 4.74 Å². The van der Waals surface area contributed by atoms with Crippen molar-refractivity contribution >= 4 is 17.4 Å². The summed E-state index contributed by atoms with van der Waals surface area (Å²) < 4.78 is 11.4. The average Bonchev–Trinajstić information content (AvgIpc) is 3.40. The van der Waals surface area contributed by atoms with Crippen LogP contribution in [0.1, 0.15) is 38.7 Å². The molecule has 7 nitrogen and oxygen atoms in total. The van der Waals surface area contributed by atoms with Crippen molar-refractivity contribution in [3.8, 4) is 5.75 Å². The zero-order valence-corrected chi connectivity index (χ0v) is 18.6. The van der Waals surface area contributed by atoms with Crippen LogP contribution >= 0.6 is 0 Å². The van der Waals surface area contributed by atoms with Crippen LogP contribution in [0.2, 0.25) is 0 Å². The first-order valence-electron chi connectivity index (χ1n) is 11.5. The summed E-state index contributed by atoms with van der Waals surface area (Å²) in [5.41, 5.74) is 1.82. The van der Waals surface area contributed by atoms with Crippen LogP contribution in [0.4, 0.5) is 0 Å². The second-order valence-corrected chi connectivity index (χ2v) is 8.37. The highest BCUT2D eigenvalue weighted by Crippen LogP contribution is 2.34. The molecule has 168 valence electrons. The van der Waals surface area contributed by atoms with Crippen molar-refractivity contribution in [3.63, 3.8) is 0 Å². The SMILES string of the molecule is CCCOc1ccc(C2=C(N3CCN(CC)CC3)C(=O)N(CC3CCCO3)C2=O)cc1. The predicted octanol–water partition coefficient (Wildman–Crippen LogP) is 2.37. The smallest absolute Gasteiger partial charge is 0.277 e. The van der Waals surface area contributed by atoms with Crippen molar-refractivity contribution in [3.05, 3.63) is 35.5 Å². The number of nitrogens with zero attached hydrogens (tertiary/aromatic N) is 3. The zero-order chi connectivity index (χ0) is 21.8. The third kappa shape index (κ3) is 4.62. The molecule has 1 unspecified atom stereocenters. The fourth-order valence-corrected chi connectivity index (χ4v) is 4.50. The van der Waals surface area contributed by atoms with Crippen molar-refractivity contribution in [1.29, 1.82) is 0 Å². The summed E-state index contributed by atoms with van der Waals surface area (Å²) in [5.74, 6) is 0.375. The maximum absolute atomic E-state index is 13.5. The Bertz CT molecular complexity index is 822. The lowest BCUT2D eigenvalue weighted by molar-refractivity contribution is -0.139. The van der Waals surface area contributed by atoms with Crippen LogP contribution in [-0.2, 0) is 14.3 Å². The van der Waals surface area contributed by atoms with Crippen LogP contribution in [0.3, 0.4) is 0 Å². The van der Waals surface area contributed by atoms with Gasteiger partial charge < -0.3 is 19.3 Å². The Hall–Kier alpha value is -2.38. The largest absolute Gasteiger partial charge is 0.494 e. The highest BCUT2D eigenvalue weighted by atomic mass is 16.5. The summed E-state index contributed by atoms with van der Waals surface area (Å²) in [6.45, 7) is 10.2. The minimum absolute atomic E-state index is 0.0599. The lowest BCUT2D eigenvalue weighted by atomic mass is 10.0. The van der Waals surface area contributed by atoms with Crippen LogP contribution in [0, 0.1) is 0 Å². The van der Waals surface area contributed by atoms with E-state index in [-0.39, 0.29) is 17.9 Å². The first kappa shape index (κ1) is 21.8. The minimum atomic E-state index is -0.212. The lowest BCUT2D eigenvalue weighted by Crippen LogP contribution is -2.47. The quantitative estimate of drug-likeness (QED) is 0.594. The third-order valence-electron chi connectivity index (χ3n) is 6.31. The molecule has 2 fully saturated rings. The molecule has 2 amide bonds. The number of carbonyl (C=O) groups is 2. The second kappa shape index (κ2) is 9.83. The molecule has 0 N–H and O–H groups in total.